The van der Waals surface area contributed by atoms with Crippen molar-refractivity contribution in [3.05, 3.63) is 52.5 Å². The average Bonchev–Trinajstić information content (AvgIpc) is 2.80. The number of carbonyl (C=O) groups is 1. The lowest BCUT2D eigenvalue weighted by Gasteiger charge is -2.04. The molecule has 19 heavy (non-hydrogen) atoms. The van der Waals surface area contributed by atoms with Gasteiger partial charge in [0.15, 0.2) is 0 Å². The van der Waals surface area contributed by atoms with Crippen molar-refractivity contribution in [2.24, 2.45) is 0 Å². The van der Waals surface area contributed by atoms with Crippen LogP contribution in [0.2, 0.25) is 0 Å². The second-order valence-corrected chi connectivity index (χ2v) is 5.99. The van der Waals surface area contributed by atoms with Crippen molar-refractivity contribution in [1.29, 1.82) is 0 Å². The van der Waals surface area contributed by atoms with Crippen LogP contribution in [0.1, 0.15) is 16.8 Å². The first-order valence-corrected chi connectivity index (χ1v) is 7.55. The Labute approximate surface area is 120 Å². The molecule has 0 saturated heterocycles. The summed E-state index contributed by atoms with van der Waals surface area (Å²) in [5.41, 5.74) is 3.08. The van der Waals surface area contributed by atoms with Crippen molar-refractivity contribution in [2.45, 2.75) is 17.0 Å². The molecule has 1 N–H and O–H groups in total. The second kappa shape index (κ2) is 6.54. The van der Waals surface area contributed by atoms with E-state index in [1.807, 2.05) is 36.6 Å². The summed E-state index contributed by atoms with van der Waals surface area (Å²) < 4.78 is 1.04. The Balaban J connectivity index is 2.09. The van der Waals surface area contributed by atoms with Gasteiger partial charge in [0.2, 0.25) is 0 Å². The fourth-order valence-electron chi connectivity index (χ4n) is 1.53. The van der Waals surface area contributed by atoms with Crippen LogP contribution in [0.15, 0.2) is 40.1 Å². The maximum atomic E-state index is 10.6. The Hall–Kier alpha value is -1.59. The van der Waals surface area contributed by atoms with Crippen LogP contribution in [0.4, 0.5) is 0 Å². The minimum absolute atomic E-state index is 0.785. The van der Waals surface area contributed by atoms with Gasteiger partial charge in [-0.2, -0.15) is 0 Å². The molecule has 0 unspecified atom stereocenters. The van der Waals surface area contributed by atoms with Gasteiger partial charge in [0.1, 0.15) is 4.34 Å². The van der Waals surface area contributed by atoms with Crippen LogP contribution >= 0.6 is 23.1 Å². The molecule has 2 aromatic rings. The molecule has 0 fully saturated rings. The third-order valence-electron chi connectivity index (χ3n) is 2.41. The highest BCUT2D eigenvalue weighted by Crippen LogP contribution is 2.27. The number of thioether (sulfide) groups is 1. The summed E-state index contributed by atoms with van der Waals surface area (Å²) in [5.74, 6) is -0.148. The fourth-order valence-corrected chi connectivity index (χ4v) is 3.39. The number of carboxylic acid groups (broad SMARTS) is 1. The van der Waals surface area contributed by atoms with Crippen molar-refractivity contribution in [3.8, 4) is 0 Å². The Kier molecular flexibility index (Phi) is 4.76. The van der Waals surface area contributed by atoms with E-state index in [9.17, 15) is 4.79 Å². The number of thiazole rings is 1. The first-order valence-electron chi connectivity index (χ1n) is 5.69. The molecule has 0 atom stereocenters. The quantitative estimate of drug-likeness (QED) is 0.671. The molecule has 0 spiro atoms. The molecule has 0 aliphatic rings. The van der Waals surface area contributed by atoms with Crippen LogP contribution < -0.4 is 0 Å². The van der Waals surface area contributed by atoms with E-state index in [2.05, 4.69) is 4.98 Å². The molecule has 1 heterocycles. The number of carboxylic acids is 1. The zero-order chi connectivity index (χ0) is 13.7. The number of nitrogens with zero attached hydrogens (tertiary/aromatic N) is 1. The molecule has 5 heteroatoms. The SMILES string of the molecule is Cc1csc(SCc2ccccc2/C=C/C(=O)O)n1. The van der Waals surface area contributed by atoms with Crippen LogP contribution in [0.3, 0.4) is 0 Å². The normalized spacial score (nSPS) is 11.0. The molecular weight excluding hydrogens is 278 g/mol. The van der Waals surface area contributed by atoms with Gasteiger partial charge in [-0.25, -0.2) is 9.78 Å². The van der Waals surface area contributed by atoms with Gasteiger partial charge in [-0.1, -0.05) is 36.0 Å². The topological polar surface area (TPSA) is 50.2 Å². The van der Waals surface area contributed by atoms with Crippen LogP contribution in [-0.4, -0.2) is 16.1 Å². The van der Waals surface area contributed by atoms with Gasteiger partial charge in [0.05, 0.1) is 0 Å². The highest BCUT2D eigenvalue weighted by molar-refractivity contribution is 8.00. The van der Waals surface area contributed by atoms with E-state index in [4.69, 9.17) is 5.11 Å². The molecule has 2 rings (SSSR count). The van der Waals surface area contributed by atoms with E-state index < -0.39 is 5.97 Å². The predicted octanol–water partition coefficient (Wildman–Crippen LogP) is 3.84. The lowest BCUT2D eigenvalue weighted by atomic mass is 10.1. The van der Waals surface area contributed by atoms with Gasteiger partial charge >= 0.3 is 5.97 Å². The summed E-state index contributed by atoms with van der Waals surface area (Å²) in [6.45, 7) is 1.98. The Morgan fingerprint density at radius 2 is 2.26 bits per heavy atom. The molecule has 3 nitrogen and oxygen atoms in total. The molecule has 1 aromatic carbocycles. The summed E-state index contributed by atoms with van der Waals surface area (Å²) >= 11 is 3.30. The van der Waals surface area contributed by atoms with Gasteiger partial charge in [-0.3, -0.25) is 0 Å². The summed E-state index contributed by atoms with van der Waals surface area (Å²) in [5, 5.41) is 10.7. The van der Waals surface area contributed by atoms with E-state index >= 15 is 0 Å². The molecule has 0 aliphatic heterocycles. The molecular formula is C14H13NO2S2. The monoisotopic (exact) mass is 291 g/mol. The number of aryl methyl sites for hydroxylation is 1. The smallest absolute Gasteiger partial charge is 0.328 e. The first-order chi connectivity index (χ1) is 9.15. The lowest BCUT2D eigenvalue weighted by Crippen LogP contribution is -1.89. The maximum Gasteiger partial charge on any atom is 0.328 e. The van der Waals surface area contributed by atoms with Gasteiger partial charge in [-0.05, 0) is 24.1 Å². The summed E-state index contributed by atoms with van der Waals surface area (Å²) in [6, 6.07) is 7.79. The standard InChI is InChI=1S/C14H13NO2S2/c1-10-8-18-14(15-10)19-9-12-5-3-2-4-11(12)6-7-13(16)17/h2-8H,9H2,1H3,(H,16,17)/b7-6+. The number of benzene rings is 1. The molecule has 0 bridgehead atoms. The van der Waals surface area contributed by atoms with E-state index in [0.29, 0.717) is 0 Å². The molecule has 0 aliphatic carbocycles. The number of aromatic nitrogens is 1. The van der Waals surface area contributed by atoms with Crippen molar-refractivity contribution >= 4 is 35.1 Å². The predicted molar refractivity (Wildman–Crippen MR) is 79.5 cm³/mol. The highest BCUT2D eigenvalue weighted by Gasteiger charge is 2.03. The fraction of sp³-hybridized carbons (Fsp3) is 0.143. The molecule has 0 saturated carbocycles. The maximum absolute atomic E-state index is 10.6. The Morgan fingerprint density at radius 1 is 1.47 bits per heavy atom. The minimum atomic E-state index is -0.932. The molecule has 1 aromatic heterocycles. The largest absolute Gasteiger partial charge is 0.478 e. The minimum Gasteiger partial charge on any atom is -0.478 e. The number of rotatable bonds is 5. The number of hydrogen-bond acceptors (Lipinski definition) is 4. The highest BCUT2D eigenvalue weighted by atomic mass is 32.2. The molecule has 0 radical (unpaired) electrons. The summed E-state index contributed by atoms with van der Waals surface area (Å²) in [4.78, 5) is 15.0. The van der Waals surface area contributed by atoms with Crippen molar-refractivity contribution in [3.63, 3.8) is 0 Å². The molecule has 98 valence electrons. The average molecular weight is 291 g/mol. The van der Waals surface area contributed by atoms with Crippen molar-refractivity contribution < 1.29 is 9.90 Å². The number of hydrogen-bond donors (Lipinski definition) is 1. The van der Waals surface area contributed by atoms with Crippen LogP contribution in [0.25, 0.3) is 6.08 Å². The Bertz CT molecular complexity index is 605. The third-order valence-corrected chi connectivity index (χ3v) is 4.60. The Morgan fingerprint density at radius 3 is 2.95 bits per heavy atom. The zero-order valence-electron chi connectivity index (χ0n) is 10.4. The van der Waals surface area contributed by atoms with Gasteiger partial charge in [0.25, 0.3) is 0 Å². The number of aliphatic carboxylic acids is 1. The second-order valence-electron chi connectivity index (χ2n) is 3.91. The lowest BCUT2D eigenvalue weighted by molar-refractivity contribution is -0.131. The van der Waals surface area contributed by atoms with Crippen LogP contribution in [-0.2, 0) is 10.5 Å². The van der Waals surface area contributed by atoms with Crippen LogP contribution in [0, 0.1) is 6.92 Å². The summed E-state index contributed by atoms with van der Waals surface area (Å²) in [6.07, 6.45) is 2.79. The third kappa shape index (κ3) is 4.22. The van der Waals surface area contributed by atoms with Crippen molar-refractivity contribution in [2.75, 3.05) is 0 Å². The van der Waals surface area contributed by atoms with E-state index in [1.165, 1.54) is 0 Å². The van der Waals surface area contributed by atoms with Gasteiger partial charge in [0, 0.05) is 22.9 Å². The zero-order valence-corrected chi connectivity index (χ0v) is 12.0. The van der Waals surface area contributed by atoms with Crippen molar-refractivity contribution in [1.82, 2.24) is 4.98 Å². The molecule has 0 amide bonds. The summed E-state index contributed by atoms with van der Waals surface area (Å²) in [7, 11) is 0. The van der Waals surface area contributed by atoms with E-state index in [1.54, 1.807) is 29.2 Å². The first kappa shape index (κ1) is 13.8. The van der Waals surface area contributed by atoms with Crippen LogP contribution in [0.5, 0.6) is 0 Å². The van der Waals surface area contributed by atoms with Gasteiger partial charge < -0.3 is 5.11 Å². The van der Waals surface area contributed by atoms with E-state index in [-0.39, 0.29) is 0 Å². The van der Waals surface area contributed by atoms with Gasteiger partial charge in [-0.15, -0.1) is 11.3 Å². The van der Waals surface area contributed by atoms with E-state index in [0.717, 1.165) is 33.0 Å².